The Labute approximate surface area is 235 Å². The molecule has 9 nitrogen and oxygen atoms in total. The topological polar surface area (TPSA) is 126 Å². The van der Waals surface area contributed by atoms with E-state index in [9.17, 15) is 27.2 Å². The second-order valence-corrected chi connectivity index (χ2v) is 12.2. The highest BCUT2D eigenvalue weighted by Crippen LogP contribution is 2.37. The molecule has 6 rings (SSSR count). The average Bonchev–Trinajstić information content (AvgIpc) is 3.89. The molecule has 2 N–H and O–H groups in total. The summed E-state index contributed by atoms with van der Waals surface area (Å²) in [6.07, 6.45) is 2.21. The number of furan rings is 1. The Morgan fingerprint density at radius 1 is 0.902 bits per heavy atom. The van der Waals surface area contributed by atoms with Crippen LogP contribution in [-0.2, 0) is 10.0 Å². The van der Waals surface area contributed by atoms with Gasteiger partial charge in [-0.15, -0.1) is 0 Å². The van der Waals surface area contributed by atoms with Gasteiger partial charge >= 0.3 is 6.03 Å². The number of sulfonamides is 1. The predicted octanol–water partition coefficient (Wildman–Crippen LogP) is 5.07. The van der Waals surface area contributed by atoms with E-state index in [0.717, 1.165) is 4.90 Å². The Morgan fingerprint density at radius 2 is 1.59 bits per heavy atom. The molecule has 2 saturated carbocycles. The minimum Gasteiger partial charge on any atom is -0.455 e. The van der Waals surface area contributed by atoms with Crippen LogP contribution in [-0.4, -0.2) is 49.5 Å². The number of fused-ring (bicyclic) bond motifs is 1. The summed E-state index contributed by atoms with van der Waals surface area (Å²) in [5.74, 6) is -1.08. The van der Waals surface area contributed by atoms with Crippen molar-refractivity contribution in [2.24, 2.45) is 0 Å². The molecule has 0 radical (unpaired) electrons. The molecule has 41 heavy (non-hydrogen) atoms. The van der Waals surface area contributed by atoms with Crippen LogP contribution in [0.4, 0.5) is 9.18 Å². The van der Waals surface area contributed by atoms with Crippen LogP contribution in [0.5, 0.6) is 0 Å². The van der Waals surface area contributed by atoms with Crippen molar-refractivity contribution in [2.75, 3.05) is 7.05 Å². The summed E-state index contributed by atoms with van der Waals surface area (Å²) in [6.45, 7) is 0. The summed E-state index contributed by atoms with van der Waals surface area (Å²) in [4.78, 5) is 40.3. The number of nitrogens with zero attached hydrogens (tertiary/aromatic N) is 1. The molecular weight excluding hydrogens is 549 g/mol. The normalized spacial score (nSPS) is 15.0. The Hall–Kier alpha value is -4.51. The summed E-state index contributed by atoms with van der Waals surface area (Å²) in [5, 5.41) is 2.57. The van der Waals surface area contributed by atoms with E-state index >= 15 is 0 Å². The Bertz CT molecular complexity index is 1810. The van der Waals surface area contributed by atoms with Gasteiger partial charge in [0.15, 0.2) is 0 Å². The van der Waals surface area contributed by atoms with Gasteiger partial charge in [0.25, 0.3) is 11.8 Å². The van der Waals surface area contributed by atoms with Crippen LogP contribution < -0.4 is 10.0 Å². The van der Waals surface area contributed by atoms with Gasteiger partial charge in [0.1, 0.15) is 17.2 Å². The van der Waals surface area contributed by atoms with Gasteiger partial charge in [-0.1, -0.05) is 18.2 Å². The number of hydrogen-bond acceptors (Lipinski definition) is 6. The fourth-order valence-corrected chi connectivity index (χ4v) is 6.06. The fourth-order valence-electron chi connectivity index (χ4n) is 4.79. The number of carbonyl (C=O) groups excluding carboxylic acids is 3. The average molecular weight is 576 g/mol. The molecule has 0 atom stereocenters. The Morgan fingerprint density at radius 3 is 2.24 bits per heavy atom. The monoisotopic (exact) mass is 575 g/mol. The van der Waals surface area contributed by atoms with Gasteiger partial charge in [-0.2, -0.15) is 0 Å². The maximum absolute atomic E-state index is 13.5. The number of carbonyl (C=O) groups is 3. The molecule has 4 aromatic rings. The number of urea groups is 1. The third kappa shape index (κ3) is 5.20. The molecule has 2 aliphatic rings. The maximum Gasteiger partial charge on any atom is 0.338 e. The van der Waals surface area contributed by atoms with Crippen molar-refractivity contribution in [3.8, 4) is 22.5 Å². The third-order valence-corrected chi connectivity index (χ3v) is 9.04. The Balaban J connectivity index is 1.35. The van der Waals surface area contributed by atoms with Gasteiger partial charge in [0.05, 0.1) is 10.8 Å². The first-order chi connectivity index (χ1) is 19.7. The highest BCUT2D eigenvalue weighted by Gasteiger charge is 2.42. The molecule has 4 amide bonds. The molecule has 2 fully saturated rings. The van der Waals surface area contributed by atoms with E-state index in [1.165, 1.54) is 31.3 Å². The number of halogens is 1. The van der Waals surface area contributed by atoms with Crippen LogP contribution >= 0.6 is 0 Å². The predicted molar refractivity (Wildman–Crippen MR) is 150 cm³/mol. The van der Waals surface area contributed by atoms with E-state index < -0.39 is 33.0 Å². The van der Waals surface area contributed by atoms with E-state index in [1.54, 1.807) is 42.5 Å². The summed E-state index contributed by atoms with van der Waals surface area (Å²) < 4.78 is 46.3. The highest BCUT2D eigenvalue weighted by molar-refractivity contribution is 7.90. The van der Waals surface area contributed by atoms with Crippen molar-refractivity contribution >= 4 is 38.8 Å². The van der Waals surface area contributed by atoms with E-state index in [-0.39, 0.29) is 23.1 Å². The van der Waals surface area contributed by atoms with Crippen LogP contribution in [0.1, 0.15) is 46.4 Å². The van der Waals surface area contributed by atoms with Gasteiger partial charge in [0, 0.05) is 29.6 Å². The first-order valence-corrected chi connectivity index (χ1v) is 14.7. The lowest BCUT2D eigenvalue weighted by Crippen LogP contribution is -2.48. The second kappa shape index (κ2) is 10.2. The molecule has 0 aliphatic heterocycles. The first kappa shape index (κ1) is 26.7. The minimum absolute atomic E-state index is 0.221. The van der Waals surface area contributed by atoms with Crippen LogP contribution in [0, 0.1) is 5.82 Å². The number of amides is 4. The van der Waals surface area contributed by atoms with Crippen molar-refractivity contribution in [1.82, 2.24) is 14.9 Å². The molecular formula is C30H26FN3O6S. The van der Waals surface area contributed by atoms with Crippen LogP contribution in [0.25, 0.3) is 33.4 Å². The third-order valence-electron chi connectivity index (χ3n) is 7.23. The van der Waals surface area contributed by atoms with E-state index in [2.05, 4.69) is 10.0 Å². The van der Waals surface area contributed by atoms with Gasteiger partial charge in [-0.05, 0) is 85.3 Å². The van der Waals surface area contributed by atoms with Crippen molar-refractivity contribution in [1.29, 1.82) is 0 Å². The molecule has 1 aromatic heterocycles. The van der Waals surface area contributed by atoms with E-state index in [0.29, 0.717) is 59.1 Å². The lowest BCUT2D eigenvalue weighted by Gasteiger charge is -2.21. The number of nitrogens with one attached hydrogen (secondary N) is 2. The largest absolute Gasteiger partial charge is 0.455 e. The zero-order valence-electron chi connectivity index (χ0n) is 22.0. The molecule has 3 aromatic carbocycles. The summed E-state index contributed by atoms with van der Waals surface area (Å²) >= 11 is 0. The number of hydrogen-bond donors (Lipinski definition) is 2. The molecule has 210 valence electrons. The van der Waals surface area contributed by atoms with Crippen molar-refractivity contribution in [3.63, 3.8) is 0 Å². The standard InChI is InChI=1S/C30H26FN3O6S/c1-32-28(35)26-24-16-19(7-14-25(24)40-27(26)17-5-8-21(31)9-6-17)18-3-2-4-20(15-18)29(36)34(22-10-11-22)30(37)33-41(38,39)23-12-13-23/h2-9,14-16,22-23H,10-13H2,1H3,(H,32,35)(H,33,37). The lowest BCUT2D eigenvalue weighted by atomic mass is 9.98. The quantitative estimate of drug-likeness (QED) is 0.317. The molecule has 1 heterocycles. The molecule has 0 bridgehead atoms. The number of rotatable bonds is 7. The van der Waals surface area contributed by atoms with Gasteiger partial charge in [-0.3, -0.25) is 14.5 Å². The van der Waals surface area contributed by atoms with Crippen LogP contribution in [0.3, 0.4) is 0 Å². The molecule has 0 saturated heterocycles. The SMILES string of the molecule is CNC(=O)c1c(-c2ccc(F)cc2)oc2ccc(-c3cccc(C(=O)N(C(=O)NS(=O)(=O)C4CC4)C4CC4)c3)cc12. The van der Waals surface area contributed by atoms with Crippen molar-refractivity contribution in [2.45, 2.75) is 37.0 Å². The van der Waals surface area contributed by atoms with Crippen molar-refractivity contribution in [3.05, 3.63) is 83.7 Å². The van der Waals surface area contributed by atoms with E-state index in [4.69, 9.17) is 4.42 Å². The molecule has 11 heteroatoms. The number of imide groups is 1. The highest BCUT2D eigenvalue weighted by atomic mass is 32.2. The fraction of sp³-hybridized carbons (Fsp3) is 0.233. The number of benzene rings is 3. The van der Waals surface area contributed by atoms with Crippen molar-refractivity contribution < 1.29 is 31.6 Å². The first-order valence-electron chi connectivity index (χ1n) is 13.2. The lowest BCUT2D eigenvalue weighted by molar-refractivity contribution is 0.0795. The summed E-state index contributed by atoms with van der Waals surface area (Å²) in [6, 6.07) is 16.3. The van der Waals surface area contributed by atoms with Gasteiger partial charge < -0.3 is 9.73 Å². The van der Waals surface area contributed by atoms with Crippen LogP contribution in [0.15, 0.2) is 71.1 Å². The summed E-state index contributed by atoms with van der Waals surface area (Å²) in [7, 11) is -2.31. The molecule has 0 spiro atoms. The molecule has 0 unspecified atom stereocenters. The Kier molecular flexibility index (Phi) is 6.61. The van der Waals surface area contributed by atoms with Crippen LogP contribution in [0.2, 0.25) is 0 Å². The maximum atomic E-state index is 13.5. The molecule has 2 aliphatic carbocycles. The zero-order chi connectivity index (χ0) is 28.9. The van der Waals surface area contributed by atoms with Gasteiger partial charge in [0.2, 0.25) is 10.0 Å². The van der Waals surface area contributed by atoms with E-state index in [1.807, 2.05) is 0 Å². The second-order valence-electron chi connectivity index (χ2n) is 10.2. The van der Waals surface area contributed by atoms with Gasteiger partial charge in [-0.25, -0.2) is 22.3 Å². The smallest absolute Gasteiger partial charge is 0.338 e. The zero-order valence-corrected chi connectivity index (χ0v) is 22.8. The summed E-state index contributed by atoms with van der Waals surface area (Å²) in [5.41, 5.74) is 2.83. The minimum atomic E-state index is -3.81.